The van der Waals surface area contributed by atoms with E-state index < -0.39 is 0 Å². The van der Waals surface area contributed by atoms with Gasteiger partial charge in [0.25, 0.3) is 0 Å². The van der Waals surface area contributed by atoms with E-state index in [1.54, 1.807) is 12.5 Å². The van der Waals surface area contributed by atoms with Gasteiger partial charge in [0, 0.05) is 18.4 Å². The van der Waals surface area contributed by atoms with Crippen molar-refractivity contribution in [3.8, 4) is 0 Å². The van der Waals surface area contributed by atoms with Crippen molar-refractivity contribution < 1.29 is 0 Å². The van der Waals surface area contributed by atoms with Gasteiger partial charge in [0.05, 0.1) is 0 Å². The summed E-state index contributed by atoms with van der Waals surface area (Å²) in [6.45, 7) is 6.63. The van der Waals surface area contributed by atoms with Gasteiger partial charge < -0.3 is 5.32 Å². The third kappa shape index (κ3) is 2.38. The fourth-order valence-corrected chi connectivity index (χ4v) is 2.19. The first-order chi connectivity index (χ1) is 8.26. The zero-order valence-electron chi connectivity index (χ0n) is 10.6. The topological polar surface area (TPSA) is 55.1 Å². The van der Waals surface area contributed by atoms with Crippen LogP contribution in [0.15, 0.2) is 18.7 Å². The van der Waals surface area contributed by atoms with Crippen LogP contribution in [-0.4, -0.2) is 25.6 Å². The third-order valence-electron chi connectivity index (χ3n) is 3.34. The van der Waals surface area contributed by atoms with Crippen molar-refractivity contribution in [2.75, 3.05) is 5.32 Å². The lowest BCUT2D eigenvalue weighted by molar-refractivity contribution is 0.437. The van der Waals surface area contributed by atoms with Crippen molar-refractivity contribution in [1.82, 2.24) is 19.6 Å². The minimum absolute atomic E-state index is 0.389. The molecule has 2 aromatic heterocycles. The van der Waals surface area contributed by atoms with Crippen LogP contribution in [0.1, 0.15) is 33.6 Å². The normalized spacial score (nSPS) is 13.2. The summed E-state index contributed by atoms with van der Waals surface area (Å²) in [7, 11) is 0. The summed E-state index contributed by atoms with van der Waals surface area (Å²) in [5.74, 6) is 1.46. The van der Waals surface area contributed by atoms with E-state index in [4.69, 9.17) is 0 Å². The van der Waals surface area contributed by atoms with Gasteiger partial charge in [-0.3, -0.25) is 4.40 Å². The lowest BCUT2D eigenvalue weighted by atomic mass is 9.95. The highest BCUT2D eigenvalue weighted by Crippen LogP contribution is 2.18. The second-order valence-electron chi connectivity index (χ2n) is 4.35. The average Bonchev–Trinajstić information content (AvgIpc) is 2.80. The van der Waals surface area contributed by atoms with Crippen LogP contribution in [0, 0.1) is 5.92 Å². The minimum Gasteiger partial charge on any atom is -0.364 e. The lowest BCUT2D eigenvalue weighted by Gasteiger charge is -2.22. The molecule has 1 N–H and O–H groups in total. The van der Waals surface area contributed by atoms with Crippen molar-refractivity contribution in [1.29, 1.82) is 0 Å². The molecule has 0 aromatic carbocycles. The number of hydrogen-bond acceptors (Lipinski definition) is 4. The maximum Gasteiger partial charge on any atom is 0.203 e. The zero-order valence-corrected chi connectivity index (χ0v) is 10.6. The maximum atomic E-state index is 4.34. The van der Waals surface area contributed by atoms with E-state index in [9.17, 15) is 0 Å². The van der Waals surface area contributed by atoms with Crippen LogP contribution in [0.2, 0.25) is 0 Å². The number of anilines is 1. The Kier molecular flexibility index (Phi) is 3.56. The Morgan fingerprint density at radius 3 is 2.82 bits per heavy atom. The molecule has 0 aliphatic heterocycles. The molecule has 5 heteroatoms. The van der Waals surface area contributed by atoms with Gasteiger partial charge in [-0.05, 0) is 12.8 Å². The van der Waals surface area contributed by atoms with Gasteiger partial charge >= 0.3 is 0 Å². The fourth-order valence-electron chi connectivity index (χ4n) is 2.19. The van der Waals surface area contributed by atoms with Crippen molar-refractivity contribution in [3.05, 3.63) is 18.7 Å². The fraction of sp³-hybridized carbons (Fsp3) is 0.583. The first-order valence-corrected chi connectivity index (χ1v) is 6.17. The van der Waals surface area contributed by atoms with E-state index in [0.29, 0.717) is 12.0 Å². The molecule has 92 valence electrons. The molecule has 0 bridgehead atoms. The molecule has 1 unspecified atom stereocenters. The number of rotatable bonds is 5. The summed E-state index contributed by atoms with van der Waals surface area (Å²) in [4.78, 5) is 4.34. The first kappa shape index (κ1) is 11.8. The number of fused-ring (bicyclic) bond motifs is 1. The number of nitrogens with zero attached hydrogens (tertiary/aromatic N) is 4. The van der Waals surface area contributed by atoms with Crippen molar-refractivity contribution >= 4 is 11.5 Å². The Labute approximate surface area is 101 Å². The lowest BCUT2D eigenvalue weighted by Crippen LogP contribution is -2.25. The molecule has 17 heavy (non-hydrogen) atoms. The van der Waals surface area contributed by atoms with Crippen molar-refractivity contribution in [3.63, 3.8) is 0 Å². The Morgan fingerprint density at radius 2 is 2.12 bits per heavy atom. The molecule has 0 amide bonds. The van der Waals surface area contributed by atoms with Gasteiger partial charge in [-0.25, -0.2) is 4.98 Å². The van der Waals surface area contributed by atoms with E-state index in [1.165, 1.54) is 12.8 Å². The molecule has 2 aromatic rings. The molecule has 2 rings (SSSR count). The second-order valence-corrected chi connectivity index (χ2v) is 4.35. The van der Waals surface area contributed by atoms with Crippen LogP contribution in [0.25, 0.3) is 5.65 Å². The summed E-state index contributed by atoms with van der Waals surface area (Å²) in [6, 6.07) is 0.389. The highest BCUT2D eigenvalue weighted by Gasteiger charge is 2.15. The zero-order chi connectivity index (χ0) is 12.3. The largest absolute Gasteiger partial charge is 0.364 e. The van der Waals surface area contributed by atoms with Crippen LogP contribution in [-0.2, 0) is 0 Å². The summed E-state index contributed by atoms with van der Waals surface area (Å²) in [5.41, 5.74) is 0.783. The minimum atomic E-state index is 0.389. The molecule has 0 radical (unpaired) electrons. The van der Waals surface area contributed by atoms with Gasteiger partial charge in [-0.15, -0.1) is 10.2 Å². The standard InChI is InChI=1S/C12H19N5/c1-4-10(5-2)9(3)15-11-12-16-14-8-17(12)7-6-13-11/h6-10H,4-5H2,1-3H3,(H,13,15). The molecule has 2 heterocycles. The smallest absolute Gasteiger partial charge is 0.203 e. The quantitative estimate of drug-likeness (QED) is 0.861. The van der Waals surface area contributed by atoms with E-state index in [2.05, 4.69) is 41.3 Å². The highest BCUT2D eigenvalue weighted by molar-refractivity contribution is 5.61. The van der Waals surface area contributed by atoms with E-state index >= 15 is 0 Å². The van der Waals surface area contributed by atoms with Crippen LogP contribution >= 0.6 is 0 Å². The van der Waals surface area contributed by atoms with Gasteiger partial charge in [0.1, 0.15) is 6.33 Å². The maximum absolute atomic E-state index is 4.34. The predicted molar refractivity (Wildman–Crippen MR) is 67.9 cm³/mol. The molecule has 1 atom stereocenters. The van der Waals surface area contributed by atoms with Crippen LogP contribution in [0.5, 0.6) is 0 Å². The summed E-state index contributed by atoms with van der Waals surface area (Å²) < 4.78 is 1.87. The van der Waals surface area contributed by atoms with E-state index in [0.717, 1.165) is 11.5 Å². The Hall–Kier alpha value is -1.65. The number of nitrogens with one attached hydrogen (secondary N) is 1. The molecule has 0 spiro atoms. The number of aromatic nitrogens is 4. The first-order valence-electron chi connectivity index (χ1n) is 6.17. The summed E-state index contributed by atoms with van der Waals surface area (Å²) in [5, 5.41) is 11.4. The Balaban J connectivity index is 2.20. The number of hydrogen-bond donors (Lipinski definition) is 1. The van der Waals surface area contributed by atoms with Gasteiger partial charge in [-0.1, -0.05) is 26.7 Å². The van der Waals surface area contributed by atoms with Crippen LogP contribution in [0.3, 0.4) is 0 Å². The van der Waals surface area contributed by atoms with Crippen molar-refractivity contribution in [2.45, 2.75) is 39.7 Å². The molecule has 0 saturated carbocycles. The summed E-state index contributed by atoms with van der Waals surface area (Å²) in [6.07, 6.45) is 7.63. The van der Waals surface area contributed by atoms with Crippen LogP contribution in [0.4, 0.5) is 5.82 Å². The molecular formula is C12H19N5. The summed E-state index contributed by atoms with van der Waals surface area (Å²) >= 11 is 0. The molecule has 0 saturated heterocycles. The van der Waals surface area contributed by atoms with Gasteiger partial charge in [0.15, 0.2) is 5.82 Å². The predicted octanol–water partition coefficient (Wildman–Crippen LogP) is 2.36. The Morgan fingerprint density at radius 1 is 1.35 bits per heavy atom. The molecular weight excluding hydrogens is 214 g/mol. The van der Waals surface area contributed by atoms with Crippen molar-refractivity contribution in [2.24, 2.45) is 5.92 Å². The molecule has 0 aliphatic rings. The van der Waals surface area contributed by atoms with Gasteiger partial charge in [-0.2, -0.15) is 0 Å². The van der Waals surface area contributed by atoms with Crippen LogP contribution < -0.4 is 5.32 Å². The van der Waals surface area contributed by atoms with Gasteiger partial charge in [0.2, 0.25) is 5.65 Å². The SMILES string of the molecule is CCC(CC)C(C)Nc1nccn2cnnc12. The molecule has 5 nitrogen and oxygen atoms in total. The highest BCUT2D eigenvalue weighted by atomic mass is 15.2. The monoisotopic (exact) mass is 233 g/mol. The van der Waals surface area contributed by atoms with E-state index in [-0.39, 0.29) is 0 Å². The van der Waals surface area contributed by atoms with E-state index in [1.807, 2.05) is 10.6 Å². The Bertz CT molecular complexity index is 474. The molecule has 0 fully saturated rings. The third-order valence-corrected chi connectivity index (χ3v) is 3.34. The molecule has 0 aliphatic carbocycles. The average molecular weight is 233 g/mol. The second kappa shape index (κ2) is 5.12.